The number of furan rings is 1. The van der Waals surface area contributed by atoms with Gasteiger partial charge in [0.05, 0.1) is 12.3 Å². The fraction of sp³-hybridized carbons (Fsp3) is 0.167. The van der Waals surface area contributed by atoms with Crippen molar-refractivity contribution in [3.8, 4) is 0 Å². The molecule has 1 amide bonds. The Morgan fingerprint density at radius 1 is 1.19 bits per heavy atom. The molecule has 1 aromatic carbocycles. The van der Waals surface area contributed by atoms with Gasteiger partial charge in [0.15, 0.2) is 5.76 Å². The molecule has 0 spiro atoms. The van der Waals surface area contributed by atoms with Gasteiger partial charge >= 0.3 is 0 Å². The molecule has 1 unspecified atom stereocenters. The fourth-order valence-corrected chi connectivity index (χ4v) is 4.31. The molecular formula is C24H22FN3O2S. The number of amides is 1. The second-order valence-corrected chi connectivity index (χ2v) is 8.27. The quantitative estimate of drug-likeness (QED) is 0.363. The van der Waals surface area contributed by atoms with Crippen LogP contribution >= 0.6 is 11.3 Å². The van der Waals surface area contributed by atoms with Crippen LogP contribution in [0.4, 0.5) is 15.2 Å². The van der Waals surface area contributed by atoms with Crippen LogP contribution in [-0.4, -0.2) is 10.9 Å². The van der Waals surface area contributed by atoms with Crippen LogP contribution in [0.1, 0.15) is 45.1 Å². The summed E-state index contributed by atoms with van der Waals surface area (Å²) in [6.07, 6.45) is 4.03. The van der Waals surface area contributed by atoms with Crippen molar-refractivity contribution in [2.45, 2.75) is 26.3 Å². The van der Waals surface area contributed by atoms with Gasteiger partial charge in [-0.2, -0.15) is 0 Å². The predicted molar refractivity (Wildman–Crippen MR) is 121 cm³/mol. The zero-order valence-electron chi connectivity index (χ0n) is 17.2. The number of thiophene rings is 1. The first kappa shape index (κ1) is 20.8. The minimum atomic E-state index is -0.335. The van der Waals surface area contributed by atoms with Gasteiger partial charge in [-0.25, -0.2) is 9.37 Å². The van der Waals surface area contributed by atoms with E-state index in [1.54, 1.807) is 30.5 Å². The summed E-state index contributed by atoms with van der Waals surface area (Å²) in [5, 5.41) is 7.15. The molecule has 3 heterocycles. The molecule has 0 aliphatic heterocycles. The fourth-order valence-electron chi connectivity index (χ4n) is 3.28. The summed E-state index contributed by atoms with van der Waals surface area (Å²) in [4.78, 5) is 18.2. The lowest BCUT2D eigenvalue weighted by molar-refractivity contribution is 0.0997. The van der Waals surface area contributed by atoms with Crippen LogP contribution in [0.25, 0.3) is 0 Å². The maximum absolute atomic E-state index is 13.6. The first-order valence-electron chi connectivity index (χ1n) is 9.95. The van der Waals surface area contributed by atoms with Crippen molar-refractivity contribution in [1.82, 2.24) is 4.98 Å². The largest absolute Gasteiger partial charge is 0.459 e. The Morgan fingerprint density at radius 3 is 2.68 bits per heavy atom. The number of hydrogen-bond acceptors (Lipinski definition) is 5. The van der Waals surface area contributed by atoms with Crippen LogP contribution in [-0.2, 0) is 6.42 Å². The van der Waals surface area contributed by atoms with E-state index < -0.39 is 0 Å². The third-order valence-corrected chi connectivity index (χ3v) is 6.06. The SMILES string of the molecule is CCc1cc(C(Nc2cc(C)ccn2)c2ccc(F)cc2)c(NC(=O)c2ccco2)s1. The zero-order chi connectivity index (χ0) is 21.8. The summed E-state index contributed by atoms with van der Waals surface area (Å²) in [7, 11) is 0. The van der Waals surface area contributed by atoms with Crippen molar-refractivity contribution in [2.75, 3.05) is 10.6 Å². The van der Waals surface area contributed by atoms with Crippen molar-refractivity contribution in [3.63, 3.8) is 0 Å². The predicted octanol–water partition coefficient (Wildman–Crippen LogP) is 6.20. The number of pyridine rings is 1. The molecule has 7 heteroatoms. The normalized spacial score (nSPS) is 11.8. The summed E-state index contributed by atoms with van der Waals surface area (Å²) < 4.78 is 18.8. The first-order chi connectivity index (χ1) is 15.0. The topological polar surface area (TPSA) is 67.2 Å². The van der Waals surface area contributed by atoms with E-state index in [1.165, 1.54) is 29.7 Å². The number of nitrogens with one attached hydrogen (secondary N) is 2. The van der Waals surface area contributed by atoms with Crippen molar-refractivity contribution in [3.05, 3.63) is 100 Å². The third-order valence-electron chi connectivity index (χ3n) is 4.85. The molecule has 3 aromatic heterocycles. The molecule has 4 rings (SSSR count). The monoisotopic (exact) mass is 435 g/mol. The average Bonchev–Trinajstić information content (AvgIpc) is 3.43. The number of aryl methyl sites for hydroxylation is 2. The van der Waals surface area contributed by atoms with E-state index in [1.807, 2.05) is 19.1 Å². The van der Waals surface area contributed by atoms with E-state index in [4.69, 9.17) is 4.42 Å². The standard InChI is InChI=1S/C24H22FN3O2S/c1-3-18-14-19(24(31-18)28-23(29)20-5-4-12-30-20)22(16-6-8-17(25)9-7-16)27-21-13-15(2)10-11-26-21/h4-14,22H,3H2,1-2H3,(H,26,27)(H,28,29). The lowest BCUT2D eigenvalue weighted by Crippen LogP contribution is -2.17. The molecule has 0 fully saturated rings. The summed E-state index contributed by atoms with van der Waals surface area (Å²) in [5.41, 5.74) is 2.82. The number of anilines is 2. The molecule has 4 aromatic rings. The van der Waals surface area contributed by atoms with Crippen molar-refractivity contribution in [2.24, 2.45) is 0 Å². The van der Waals surface area contributed by atoms with Crippen LogP contribution in [0.2, 0.25) is 0 Å². The van der Waals surface area contributed by atoms with Crippen LogP contribution in [0.5, 0.6) is 0 Å². The van der Waals surface area contributed by atoms with E-state index in [0.717, 1.165) is 28.0 Å². The number of carbonyl (C=O) groups is 1. The van der Waals surface area contributed by atoms with Gasteiger partial charge in [0.2, 0.25) is 0 Å². The minimum Gasteiger partial charge on any atom is -0.459 e. The van der Waals surface area contributed by atoms with Gasteiger partial charge in [-0.15, -0.1) is 11.3 Å². The molecule has 158 valence electrons. The van der Waals surface area contributed by atoms with Gasteiger partial charge in [0.25, 0.3) is 5.91 Å². The summed E-state index contributed by atoms with van der Waals surface area (Å²) in [6.45, 7) is 4.06. The molecule has 0 saturated carbocycles. The third kappa shape index (κ3) is 4.83. The van der Waals surface area contributed by atoms with Crippen LogP contribution in [0.15, 0.2) is 71.5 Å². The highest BCUT2D eigenvalue weighted by Gasteiger charge is 2.23. The van der Waals surface area contributed by atoms with Gasteiger partial charge in [-0.05, 0) is 66.9 Å². The maximum Gasteiger partial charge on any atom is 0.291 e. The average molecular weight is 436 g/mol. The highest BCUT2D eigenvalue weighted by atomic mass is 32.1. The second-order valence-electron chi connectivity index (χ2n) is 7.13. The highest BCUT2D eigenvalue weighted by Crippen LogP contribution is 2.38. The van der Waals surface area contributed by atoms with Crippen molar-refractivity contribution >= 4 is 28.1 Å². The molecule has 2 N–H and O–H groups in total. The van der Waals surface area contributed by atoms with E-state index in [9.17, 15) is 9.18 Å². The van der Waals surface area contributed by atoms with Crippen LogP contribution in [0.3, 0.4) is 0 Å². The van der Waals surface area contributed by atoms with E-state index >= 15 is 0 Å². The number of halogens is 1. The Morgan fingerprint density at radius 2 is 2.00 bits per heavy atom. The number of nitrogens with zero attached hydrogens (tertiary/aromatic N) is 1. The Bertz CT molecular complexity index is 1170. The Labute approximate surface area is 184 Å². The molecule has 0 aliphatic carbocycles. The molecule has 0 saturated heterocycles. The number of aromatic nitrogens is 1. The molecule has 5 nitrogen and oxygen atoms in total. The summed E-state index contributed by atoms with van der Waals surface area (Å²) in [5.74, 6) is 0.315. The summed E-state index contributed by atoms with van der Waals surface area (Å²) in [6, 6.07) is 15.2. The van der Waals surface area contributed by atoms with Crippen molar-refractivity contribution < 1.29 is 13.6 Å². The number of hydrogen-bond donors (Lipinski definition) is 2. The van der Waals surface area contributed by atoms with Gasteiger partial charge in [0, 0.05) is 16.6 Å². The van der Waals surface area contributed by atoms with Gasteiger partial charge in [-0.1, -0.05) is 19.1 Å². The molecule has 0 aliphatic rings. The van der Waals surface area contributed by atoms with Gasteiger partial charge in [0.1, 0.15) is 16.6 Å². The highest BCUT2D eigenvalue weighted by molar-refractivity contribution is 7.16. The van der Waals surface area contributed by atoms with Crippen LogP contribution in [0, 0.1) is 12.7 Å². The first-order valence-corrected chi connectivity index (χ1v) is 10.8. The van der Waals surface area contributed by atoms with Crippen molar-refractivity contribution in [1.29, 1.82) is 0 Å². The Hall–Kier alpha value is -3.45. The van der Waals surface area contributed by atoms with Gasteiger partial charge < -0.3 is 15.1 Å². The molecule has 0 bridgehead atoms. The van der Waals surface area contributed by atoms with E-state index in [0.29, 0.717) is 10.8 Å². The maximum atomic E-state index is 13.6. The smallest absolute Gasteiger partial charge is 0.291 e. The number of rotatable bonds is 7. The Balaban J connectivity index is 1.75. The minimum absolute atomic E-state index is 0.240. The Kier molecular flexibility index (Phi) is 6.13. The summed E-state index contributed by atoms with van der Waals surface area (Å²) >= 11 is 1.52. The lowest BCUT2D eigenvalue weighted by Gasteiger charge is -2.21. The molecule has 31 heavy (non-hydrogen) atoms. The second kappa shape index (κ2) is 9.14. The van der Waals surface area contributed by atoms with E-state index in [-0.39, 0.29) is 23.5 Å². The number of carbonyl (C=O) groups excluding carboxylic acids is 1. The number of benzene rings is 1. The van der Waals surface area contributed by atoms with Crippen LogP contribution < -0.4 is 10.6 Å². The molecule has 0 radical (unpaired) electrons. The molecular weight excluding hydrogens is 413 g/mol. The van der Waals surface area contributed by atoms with E-state index in [2.05, 4.69) is 28.6 Å². The zero-order valence-corrected chi connectivity index (χ0v) is 18.0. The lowest BCUT2D eigenvalue weighted by atomic mass is 9.99. The molecule has 1 atom stereocenters. The van der Waals surface area contributed by atoms with Gasteiger partial charge in [-0.3, -0.25) is 4.79 Å².